The molecule has 172 valence electrons. The average molecular weight is 465 g/mol. The monoisotopic (exact) mass is 464 g/mol. The van der Waals surface area contributed by atoms with Gasteiger partial charge in [-0.2, -0.15) is 0 Å². The van der Waals surface area contributed by atoms with Gasteiger partial charge in [-0.1, -0.05) is 67.9 Å². The minimum Gasteiger partial charge on any atom is -0.345 e. The van der Waals surface area contributed by atoms with Gasteiger partial charge in [-0.15, -0.1) is 0 Å². The molecule has 1 amide bonds. The predicted octanol–water partition coefficient (Wildman–Crippen LogP) is 4.64. The van der Waals surface area contributed by atoms with Crippen LogP contribution in [-0.4, -0.2) is 20.1 Å². The first kappa shape index (κ1) is 24.4. The fourth-order valence-electron chi connectivity index (χ4n) is 3.44. The molecule has 0 saturated carbocycles. The molecule has 1 unspecified atom stereocenters. The number of hydrogen-bond acceptors (Lipinski definition) is 4. The number of amides is 1. The fourth-order valence-corrected chi connectivity index (χ4v) is 4.46. The lowest BCUT2D eigenvalue weighted by Crippen LogP contribution is -2.28. The molecule has 3 aromatic rings. The highest BCUT2D eigenvalue weighted by Gasteiger charge is 2.16. The highest BCUT2D eigenvalue weighted by molar-refractivity contribution is 7.89. The van der Waals surface area contributed by atoms with Crippen LogP contribution in [0.5, 0.6) is 0 Å². The summed E-state index contributed by atoms with van der Waals surface area (Å²) >= 11 is 0. The van der Waals surface area contributed by atoms with Crippen molar-refractivity contribution in [2.24, 2.45) is 0 Å². The van der Waals surface area contributed by atoms with Crippen LogP contribution < -0.4 is 10.0 Å². The molecule has 3 aromatic carbocycles. The summed E-state index contributed by atoms with van der Waals surface area (Å²) in [5.74, 6) is -0.296. The van der Waals surface area contributed by atoms with E-state index in [1.807, 2.05) is 30.3 Å². The highest BCUT2D eigenvalue weighted by Crippen LogP contribution is 2.19. The lowest BCUT2D eigenvalue weighted by atomic mass is 10.0. The maximum atomic E-state index is 12.7. The first-order valence-corrected chi connectivity index (χ1v) is 12.3. The van der Waals surface area contributed by atoms with Crippen molar-refractivity contribution in [2.45, 2.75) is 44.2 Å². The van der Waals surface area contributed by atoms with Gasteiger partial charge in [0.1, 0.15) is 0 Å². The molecule has 0 bridgehead atoms. The summed E-state index contributed by atoms with van der Waals surface area (Å²) in [4.78, 5) is 24.2. The van der Waals surface area contributed by atoms with Crippen molar-refractivity contribution in [1.82, 2.24) is 10.0 Å². The van der Waals surface area contributed by atoms with Crippen LogP contribution in [-0.2, 0) is 16.6 Å². The maximum Gasteiger partial charge on any atom is 0.251 e. The molecule has 1 atom stereocenters. The van der Waals surface area contributed by atoms with E-state index < -0.39 is 10.0 Å². The van der Waals surface area contributed by atoms with Crippen molar-refractivity contribution < 1.29 is 18.0 Å². The second kappa shape index (κ2) is 11.0. The van der Waals surface area contributed by atoms with Crippen molar-refractivity contribution in [3.8, 4) is 0 Å². The first-order valence-electron chi connectivity index (χ1n) is 10.9. The molecule has 2 N–H and O–H groups in total. The predicted molar refractivity (Wildman–Crippen MR) is 128 cm³/mol. The van der Waals surface area contributed by atoms with Crippen LogP contribution in [0.3, 0.4) is 0 Å². The van der Waals surface area contributed by atoms with Gasteiger partial charge in [-0.05, 0) is 48.7 Å². The van der Waals surface area contributed by atoms with E-state index in [1.165, 1.54) is 31.2 Å². The Morgan fingerprint density at radius 1 is 0.848 bits per heavy atom. The summed E-state index contributed by atoms with van der Waals surface area (Å²) in [6.45, 7) is 3.59. The third kappa shape index (κ3) is 6.60. The Morgan fingerprint density at radius 3 is 2.03 bits per heavy atom. The van der Waals surface area contributed by atoms with E-state index in [9.17, 15) is 18.0 Å². The van der Waals surface area contributed by atoms with Crippen molar-refractivity contribution in [1.29, 1.82) is 0 Å². The van der Waals surface area contributed by atoms with Crippen LogP contribution in [0.4, 0.5) is 0 Å². The lowest BCUT2D eigenvalue weighted by Gasteiger charge is -2.19. The van der Waals surface area contributed by atoms with Crippen LogP contribution in [0.15, 0.2) is 83.8 Å². The first-order chi connectivity index (χ1) is 15.8. The Labute approximate surface area is 195 Å². The number of Topliss-reactive ketones (excluding diaryl/α,β-unsaturated/α-hetero) is 1. The van der Waals surface area contributed by atoms with Crippen LogP contribution in [0.1, 0.15) is 64.6 Å². The normalized spacial score (nSPS) is 12.2. The Bertz CT molecular complexity index is 1190. The zero-order valence-electron chi connectivity index (χ0n) is 18.7. The van der Waals surface area contributed by atoms with E-state index >= 15 is 0 Å². The van der Waals surface area contributed by atoms with Crippen molar-refractivity contribution in [3.63, 3.8) is 0 Å². The van der Waals surface area contributed by atoms with Crippen LogP contribution in [0.2, 0.25) is 0 Å². The Kier molecular flexibility index (Phi) is 8.14. The van der Waals surface area contributed by atoms with Gasteiger partial charge in [-0.25, -0.2) is 13.1 Å². The Hall–Kier alpha value is -3.29. The SMILES string of the molecule is CCCC(NC(=O)c1ccc(CNS(=O)(=O)c2ccc(C(C)=O)cc2)cc1)c1ccccc1. The molecular formula is C26H28N2O4S. The number of carbonyl (C=O) groups is 2. The maximum absolute atomic E-state index is 12.7. The standard InChI is InChI=1S/C26H28N2O4S/c1-3-7-25(22-8-5-4-6-9-22)28-26(30)23-12-10-20(11-13-23)18-27-33(31,32)24-16-14-21(15-17-24)19(2)29/h4-6,8-17,25,27H,3,7,18H2,1-2H3,(H,28,30). The molecule has 0 aliphatic rings. The minimum absolute atomic E-state index is 0.0652. The summed E-state index contributed by atoms with van der Waals surface area (Å²) in [7, 11) is -3.72. The summed E-state index contributed by atoms with van der Waals surface area (Å²) < 4.78 is 27.6. The van der Waals surface area contributed by atoms with Gasteiger partial charge in [0.05, 0.1) is 10.9 Å². The summed E-state index contributed by atoms with van der Waals surface area (Å²) in [5, 5.41) is 3.09. The molecule has 0 saturated heterocycles. The molecule has 7 heteroatoms. The van der Waals surface area contributed by atoms with Crippen LogP contribution in [0, 0.1) is 0 Å². The van der Waals surface area contributed by atoms with E-state index in [2.05, 4.69) is 17.0 Å². The fraction of sp³-hybridized carbons (Fsp3) is 0.231. The van der Waals surface area contributed by atoms with Crippen molar-refractivity contribution in [3.05, 3.63) is 101 Å². The zero-order valence-corrected chi connectivity index (χ0v) is 19.6. The number of sulfonamides is 1. The van der Waals surface area contributed by atoms with Crippen LogP contribution in [0.25, 0.3) is 0 Å². The van der Waals surface area contributed by atoms with E-state index in [1.54, 1.807) is 24.3 Å². The Balaban J connectivity index is 1.62. The van der Waals surface area contributed by atoms with E-state index in [0.717, 1.165) is 24.0 Å². The van der Waals surface area contributed by atoms with Gasteiger partial charge < -0.3 is 5.32 Å². The van der Waals surface area contributed by atoms with Gasteiger partial charge in [0, 0.05) is 17.7 Å². The van der Waals surface area contributed by atoms with Gasteiger partial charge >= 0.3 is 0 Å². The molecule has 33 heavy (non-hydrogen) atoms. The smallest absolute Gasteiger partial charge is 0.251 e. The number of ketones is 1. The van der Waals surface area contributed by atoms with Crippen LogP contribution >= 0.6 is 0 Å². The molecule has 0 radical (unpaired) electrons. The number of benzene rings is 3. The van der Waals surface area contributed by atoms with Gasteiger partial charge in [0.25, 0.3) is 5.91 Å². The summed E-state index contributed by atoms with van der Waals surface area (Å²) in [6, 6.07) is 22.4. The second-order valence-corrected chi connectivity index (χ2v) is 9.59. The number of carbonyl (C=O) groups excluding carboxylic acids is 2. The molecule has 0 heterocycles. The van der Waals surface area contributed by atoms with Gasteiger partial charge in [0.15, 0.2) is 5.78 Å². The molecule has 0 spiro atoms. The molecule has 0 aromatic heterocycles. The lowest BCUT2D eigenvalue weighted by molar-refractivity contribution is 0.0933. The largest absolute Gasteiger partial charge is 0.345 e. The average Bonchev–Trinajstić information content (AvgIpc) is 2.83. The number of hydrogen-bond donors (Lipinski definition) is 2. The third-order valence-corrected chi connectivity index (χ3v) is 6.76. The third-order valence-electron chi connectivity index (χ3n) is 5.34. The highest BCUT2D eigenvalue weighted by atomic mass is 32.2. The van der Waals surface area contributed by atoms with Crippen molar-refractivity contribution in [2.75, 3.05) is 0 Å². The molecule has 6 nitrogen and oxygen atoms in total. The van der Waals surface area contributed by atoms with E-state index in [4.69, 9.17) is 0 Å². The molecule has 0 aliphatic heterocycles. The molecular weight excluding hydrogens is 436 g/mol. The van der Waals surface area contributed by atoms with Crippen molar-refractivity contribution >= 4 is 21.7 Å². The topological polar surface area (TPSA) is 92.3 Å². The number of rotatable bonds is 10. The minimum atomic E-state index is -3.72. The van der Waals surface area contributed by atoms with Gasteiger partial charge in [0.2, 0.25) is 10.0 Å². The summed E-state index contributed by atoms with van der Waals surface area (Å²) in [6.07, 6.45) is 1.78. The molecule has 3 rings (SSSR count). The second-order valence-electron chi connectivity index (χ2n) is 7.83. The molecule has 0 fully saturated rings. The summed E-state index contributed by atoms with van der Waals surface area (Å²) in [5.41, 5.74) is 2.76. The Morgan fingerprint density at radius 2 is 1.45 bits per heavy atom. The van der Waals surface area contributed by atoms with E-state index in [0.29, 0.717) is 11.1 Å². The zero-order chi connectivity index (χ0) is 23.8. The van der Waals surface area contributed by atoms with Gasteiger partial charge in [-0.3, -0.25) is 9.59 Å². The number of nitrogens with one attached hydrogen (secondary N) is 2. The quantitative estimate of drug-likeness (QED) is 0.428. The molecule has 0 aliphatic carbocycles. The van der Waals surface area contributed by atoms with E-state index in [-0.39, 0.29) is 29.2 Å².